The first-order valence-electron chi connectivity index (χ1n) is 5.33. The van der Waals surface area contributed by atoms with Gasteiger partial charge >= 0.3 is 0 Å². The summed E-state index contributed by atoms with van der Waals surface area (Å²) < 4.78 is 27.5. The van der Waals surface area contributed by atoms with Gasteiger partial charge in [-0.25, -0.2) is 8.42 Å². The maximum Gasteiger partial charge on any atom is 0.270 e. The first-order valence-corrected chi connectivity index (χ1v) is 8.52. The van der Waals surface area contributed by atoms with Gasteiger partial charge in [0.1, 0.15) is 4.21 Å². The van der Waals surface area contributed by atoms with Crippen LogP contribution in [0.1, 0.15) is 23.7 Å². The number of hydrogen-bond donors (Lipinski definition) is 1. The van der Waals surface area contributed by atoms with Gasteiger partial charge < -0.3 is 10.1 Å². The van der Waals surface area contributed by atoms with Gasteiger partial charge in [-0.15, -0.1) is 11.3 Å². The lowest BCUT2D eigenvalue weighted by molar-refractivity contribution is 0.0866. The molecular weight excluding hydrogens is 298 g/mol. The molecule has 1 aromatic rings. The van der Waals surface area contributed by atoms with E-state index in [-0.39, 0.29) is 22.3 Å². The third-order valence-corrected chi connectivity index (χ3v) is 5.81. The summed E-state index contributed by atoms with van der Waals surface area (Å²) in [5.41, 5.74) is 0.304. The molecule has 2 unspecified atom stereocenters. The molecule has 1 amide bonds. The molecule has 1 aliphatic rings. The van der Waals surface area contributed by atoms with Crippen LogP contribution >= 0.6 is 22.0 Å². The fourth-order valence-corrected chi connectivity index (χ4v) is 3.68. The minimum absolute atomic E-state index is 0.0231. The fraction of sp³-hybridized carbons (Fsp3) is 0.500. The number of hydrogen-bond acceptors (Lipinski definition) is 5. The van der Waals surface area contributed by atoms with E-state index in [0.29, 0.717) is 12.2 Å². The number of amides is 1. The predicted molar refractivity (Wildman–Crippen MR) is 68.6 cm³/mol. The van der Waals surface area contributed by atoms with Crippen LogP contribution in [0, 0.1) is 0 Å². The van der Waals surface area contributed by atoms with Crippen LogP contribution in [-0.4, -0.2) is 33.1 Å². The zero-order valence-corrected chi connectivity index (χ0v) is 11.9. The van der Waals surface area contributed by atoms with E-state index >= 15 is 0 Å². The van der Waals surface area contributed by atoms with Gasteiger partial charge in [-0.3, -0.25) is 4.79 Å². The molecular formula is C10H12ClNO4S2. The van der Waals surface area contributed by atoms with Gasteiger partial charge in [-0.1, -0.05) is 0 Å². The minimum Gasteiger partial charge on any atom is -0.376 e. The molecule has 1 fully saturated rings. The fourth-order valence-electron chi connectivity index (χ4n) is 1.74. The first-order chi connectivity index (χ1) is 8.38. The maximum atomic E-state index is 11.9. The van der Waals surface area contributed by atoms with Crippen molar-refractivity contribution in [3.63, 3.8) is 0 Å². The summed E-state index contributed by atoms with van der Waals surface area (Å²) in [7, 11) is 1.43. The van der Waals surface area contributed by atoms with Crippen LogP contribution in [0.3, 0.4) is 0 Å². The predicted octanol–water partition coefficient (Wildman–Crippen LogP) is 1.58. The van der Waals surface area contributed by atoms with Crippen LogP contribution in [-0.2, 0) is 13.8 Å². The Morgan fingerprint density at radius 1 is 1.61 bits per heavy atom. The molecule has 1 N–H and O–H groups in total. The summed E-state index contributed by atoms with van der Waals surface area (Å²) in [6, 6.07) is 1.25. The number of thiophene rings is 1. The molecule has 8 heteroatoms. The molecule has 0 aliphatic carbocycles. The summed E-state index contributed by atoms with van der Waals surface area (Å²) in [4.78, 5) is 11.9. The molecule has 2 atom stereocenters. The van der Waals surface area contributed by atoms with Gasteiger partial charge in [-0.2, -0.15) is 0 Å². The van der Waals surface area contributed by atoms with Crippen molar-refractivity contribution < 1.29 is 17.9 Å². The number of halogens is 1. The summed E-state index contributed by atoms with van der Waals surface area (Å²) in [6.07, 6.45) is 0.737. The van der Waals surface area contributed by atoms with Gasteiger partial charge in [0.2, 0.25) is 0 Å². The smallest absolute Gasteiger partial charge is 0.270 e. The lowest BCUT2D eigenvalue weighted by Gasteiger charge is -2.15. The van der Waals surface area contributed by atoms with Crippen molar-refractivity contribution >= 4 is 37.0 Å². The number of carbonyl (C=O) groups is 1. The molecule has 2 rings (SSSR count). The standard InChI is InChI=1S/C10H12ClNO4S2/c1-6-8(2-3-16-6)12-10(13)7-4-9(17-5-7)18(11,14)15/h4-6,8H,2-3H2,1H3,(H,12,13). The third kappa shape index (κ3) is 3.03. The molecule has 0 radical (unpaired) electrons. The van der Waals surface area contributed by atoms with Crippen molar-refractivity contribution in [1.82, 2.24) is 5.32 Å². The average molecular weight is 310 g/mol. The minimum atomic E-state index is -3.77. The van der Waals surface area contributed by atoms with Gasteiger partial charge in [0.05, 0.1) is 17.7 Å². The molecule has 1 saturated heterocycles. The number of ether oxygens (including phenoxy) is 1. The van der Waals surface area contributed by atoms with Gasteiger partial charge in [0.15, 0.2) is 0 Å². The van der Waals surface area contributed by atoms with Crippen LogP contribution in [0.4, 0.5) is 0 Å². The highest BCUT2D eigenvalue weighted by atomic mass is 35.7. The molecule has 0 saturated carbocycles. The van der Waals surface area contributed by atoms with Crippen molar-refractivity contribution in [3.8, 4) is 0 Å². The van der Waals surface area contributed by atoms with Crippen LogP contribution in [0.15, 0.2) is 15.7 Å². The van der Waals surface area contributed by atoms with Gasteiger partial charge in [0.25, 0.3) is 15.0 Å². The zero-order valence-electron chi connectivity index (χ0n) is 9.55. The second-order valence-electron chi connectivity index (χ2n) is 4.04. The average Bonchev–Trinajstić information content (AvgIpc) is 2.87. The largest absolute Gasteiger partial charge is 0.376 e. The first kappa shape index (κ1) is 13.8. The lowest BCUT2D eigenvalue weighted by Crippen LogP contribution is -2.38. The molecule has 1 aliphatic heterocycles. The van der Waals surface area contributed by atoms with E-state index in [1.54, 1.807) is 0 Å². The molecule has 0 spiro atoms. The number of nitrogens with one attached hydrogen (secondary N) is 1. The van der Waals surface area contributed by atoms with E-state index in [4.69, 9.17) is 15.4 Å². The summed E-state index contributed by atoms with van der Waals surface area (Å²) in [5.74, 6) is -0.305. The van der Waals surface area contributed by atoms with E-state index in [9.17, 15) is 13.2 Å². The van der Waals surface area contributed by atoms with Crippen LogP contribution in [0.2, 0.25) is 0 Å². The zero-order chi connectivity index (χ0) is 13.3. The number of carbonyl (C=O) groups excluding carboxylic acids is 1. The highest BCUT2D eigenvalue weighted by Crippen LogP contribution is 2.24. The molecule has 18 heavy (non-hydrogen) atoms. The van der Waals surface area contributed by atoms with Crippen LogP contribution < -0.4 is 5.32 Å². The van der Waals surface area contributed by atoms with Crippen molar-refractivity contribution in [2.75, 3.05) is 6.61 Å². The monoisotopic (exact) mass is 309 g/mol. The van der Waals surface area contributed by atoms with E-state index in [1.165, 1.54) is 11.4 Å². The van der Waals surface area contributed by atoms with Crippen LogP contribution in [0.25, 0.3) is 0 Å². The molecule has 2 heterocycles. The highest BCUT2D eigenvalue weighted by molar-refractivity contribution is 8.15. The Morgan fingerprint density at radius 2 is 2.33 bits per heavy atom. The Kier molecular flexibility index (Phi) is 3.96. The van der Waals surface area contributed by atoms with Crippen molar-refractivity contribution in [1.29, 1.82) is 0 Å². The Balaban J connectivity index is 2.08. The molecule has 1 aromatic heterocycles. The molecule has 0 bridgehead atoms. The molecule has 5 nitrogen and oxygen atoms in total. The third-order valence-electron chi connectivity index (χ3n) is 2.77. The van der Waals surface area contributed by atoms with Crippen molar-refractivity contribution in [2.45, 2.75) is 29.7 Å². The van der Waals surface area contributed by atoms with Gasteiger partial charge in [0, 0.05) is 22.7 Å². The topological polar surface area (TPSA) is 72.5 Å². The normalized spacial score (nSPS) is 24.1. The Morgan fingerprint density at radius 3 is 2.83 bits per heavy atom. The lowest BCUT2D eigenvalue weighted by atomic mass is 10.1. The highest BCUT2D eigenvalue weighted by Gasteiger charge is 2.26. The van der Waals surface area contributed by atoms with Gasteiger partial charge in [-0.05, 0) is 19.4 Å². The second-order valence-corrected chi connectivity index (χ2v) is 7.74. The van der Waals surface area contributed by atoms with E-state index < -0.39 is 9.05 Å². The van der Waals surface area contributed by atoms with E-state index in [2.05, 4.69) is 5.32 Å². The summed E-state index contributed by atoms with van der Waals surface area (Å²) in [5, 5.41) is 4.29. The molecule has 100 valence electrons. The SMILES string of the molecule is CC1OCCC1NC(=O)c1csc(S(=O)(=O)Cl)c1. The van der Waals surface area contributed by atoms with E-state index in [0.717, 1.165) is 17.8 Å². The van der Waals surface area contributed by atoms with E-state index in [1.807, 2.05) is 6.92 Å². The summed E-state index contributed by atoms with van der Waals surface area (Å²) in [6.45, 7) is 2.51. The van der Waals surface area contributed by atoms with Crippen molar-refractivity contribution in [3.05, 3.63) is 17.0 Å². The Labute approximate surface area is 114 Å². The van der Waals surface area contributed by atoms with Crippen molar-refractivity contribution in [2.24, 2.45) is 0 Å². The number of rotatable bonds is 3. The second kappa shape index (κ2) is 5.16. The Bertz CT molecular complexity index is 554. The van der Waals surface area contributed by atoms with Crippen LogP contribution in [0.5, 0.6) is 0 Å². The Hall–Kier alpha value is -0.630. The quantitative estimate of drug-likeness (QED) is 0.861. The molecule has 0 aromatic carbocycles. The summed E-state index contributed by atoms with van der Waals surface area (Å²) >= 11 is 0.932. The maximum absolute atomic E-state index is 11.9.